The number of benzene rings is 1. The van der Waals surface area contributed by atoms with Gasteiger partial charge in [0, 0.05) is 5.54 Å². The molecule has 0 aromatic heterocycles. The Balaban J connectivity index is 2.04. The SMILES string of the molecule is NC1(/C=C/c2ccccc2)CCCCC1. The highest BCUT2D eigenvalue weighted by Gasteiger charge is 2.23. The Hall–Kier alpha value is -1.08. The van der Waals surface area contributed by atoms with Gasteiger partial charge in [-0.05, 0) is 18.4 Å². The van der Waals surface area contributed by atoms with Crippen LogP contribution < -0.4 is 5.73 Å². The molecular formula is C14H19N. The van der Waals surface area contributed by atoms with Gasteiger partial charge in [-0.1, -0.05) is 61.7 Å². The fourth-order valence-corrected chi connectivity index (χ4v) is 2.20. The zero-order valence-corrected chi connectivity index (χ0v) is 9.15. The molecule has 1 aliphatic carbocycles. The normalized spacial score (nSPS) is 20.6. The highest BCUT2D eigenvalue weighted by Crippen LogP contribution is 2.27. The van der Waals surface area contributed by atoms with Crippen molar-refractivity contribution >= 4 is 6.08 Å². The summed E-state index contributed by atoms with van der Waals surface area (Å²) < 4.78 is 0. The van der Waals surface area contributed by atoms with Crippen LogP contribution in [0.25, 0.3) is 6.08 Å². The molecule has 1 heteroatoms. The summed E-state index contributed by atoms with van der Waals surface area (Å²) in [6.07, 6.45) is 10.5. The van der Waals surface area contributed by atoms with Gasteiger partial charge in [-0.3, -0.25) is 0 Å². The van der Waals surface area contributed by atoms with Gasteiger partial charge in [0.15, 0.2) is 0 Å². The fraction of sp³-hybridized carbons (Fsp3) is 0.429. The van der Waals surface area contributed by atoms with Gasteiger partial charge in [0.25, 0.3) is 0 Å². The predicted octanol–water partition coefficient (Wildman–Crippen LogP) is 3.36. The van der Waals surface area contributed by atoms with Gasteiger partial charge < -0.3 is 5.73 Å². The van der Waals surface area contributed by atoms with E-state index in [1.807, 2.05) is 6.07 Å². The molecule has 1 fully saturated rings. The van der Waals surface area contributed by atoms with E-state index < -0.39 is 0 Å². The molecule has 1 saturated carbocycles. The van der Waals surface area contributed by atoms with Crippen molar-refractivity contribution in [3.05, 3.63) is 42.0 Å². The third-order valence-corrected chi connectivity index (χ3v) is 3.19. The van der Waals surface area contributed by atoms with E-state index in [2.05, 4.69) is 36.4 Å². The first-order chi connectivity index (χ1) is 7.29. The van der Waals surface area contributed by atoms with E-state index in [0.29, 0.717) is 0 Å². The van der Waals surface area contributed by atoms with Gasteiger partial charge in [0.2, 0.25) is 0 Å². The summed E-state index contributed by atoms with van der Waals surface area (Å²) in [5, 5.41) is 0. The highest BCUT2D eigenvalue weighted by atomic mass is 14.7. The minimum atomic E-state index is -0.0475. The first-order valence-corrected chi connectivity index (χ1v) is 5.82. The molecule has 80 valence electrons. The van der Waals surface area contributed by atoms with E-state index in [1.165, 1.54) is 24.8 Å². The minimum Gasteiger partial charge on any atom is -0.322 e. The first kappa shape index (κ1) is 10.4. The van der Waals surface area contributed by atoms with Gasteiger partial charge >= 0.3 is 0 Å². The lowest BCUT2D eigenvalue weighted by Gasteiger charge is -2.30. The quantitative estimate of drug-likeness (QED) is 0.780. The maximum absolute atomic E-state index is 6.32. The molecular weight excluding hydrogens is 182 g/mol. The van der Waals surface area contributed by atoms with Gasteiger partial charge in [0.05, 0.1) is 0 Å². The summed E-state index contributed by atoms with van der Waals surface area (Å²) in [6.45, 7) is 0. The third kappa shape index (κ3) is 2.93. The number of hydrogen-bond acceptors (Lipinski definition) is 1. The van der Waals surface area contributed by atoms with E-state index >= 15 is 0 Å². The molecule has 0 amide bonds. The molecule has 2 N–H and O–H groups in total. The van der Waals surface area contributed by atoms with Crippen molar-refractivity contribution in [2.75, 3.05) is 0 Å². The first-order valence-electron chi connectivity index (χ1n) is 5.82. The standard InChI is InChI=1S/C14H19N/c15-14(10-5-2-6-11-14)12-9-13-7-3-1-4-8-13/h1,3-4,7-9,12H,2,5-6,10-11,15H2/b12-9+. The molecule has 1 aromatic rings. The highest BCUT2D eigenvalue weighted by molar-refractivity contribution is 5.50. The Kier molecular flexibility index (Phi) is 3.22. The van der Waals surface area contributed by atoms with Crippen molar-refractivity contribution in [3.63, 3.8) is 0 Å². The van der Waals surface area contributed by atoms with Crippen LogP contribution in [-0.2, 0) is 0 Å². The van der Waals surface area contributed by atoms with Crippen molar-refractivity contribution in [2.24, 2.45) is 5.73 Å². The Morgan fingerprint density at radius 1 is 1.00 bits per heavy atom. The van der Waals surface area contributed by atoms with Crippen LogP contribution in [0.5, 0.6) is 0 Å². The summed E-state index contributed by atoms with van der Waals surface area (Å²) >= 11 is 0. The van der Waals surface area contributed by atoms with Crippen molar-refractivity contribution < 1.29 is 0 Å². The molecule has 2 rings (SSSR count). The largest absolute Gasteiger partial charge is 0.322 e. The molecule has 1 aromatic carbocycles. The molecule has 0 unspecified atom stereocenters. The molecule has 1 aliphatic rings. The Bertz CT molecular complexity index is 320. The summed E-state index contributed by atoms with van der Waals surface area (Å²) in [5.74, 6) is 0. The van der Waals surface area contributed by atoms with Crippen LogP contribution in [0.1, 0.15) is 37.7 Å². The van der Waals surface area contributed by atoms with Crippen LogP contribution in [0, 0.1) is 0 Å². The van der Waals surface area contributed by atoms with Gasteiger partial charge in [-0.25, -0.2) is 0 Å². The summed E-state index contributed by atoms with van der Waals surface area (Å²) in [4.78, 5) is 0. The monoisotopic (exact) mass is 201 g/mol. The third-order valence-electron chi connectivity index (χ3n) is 3.19. The van der Waals surface area contributed by atoms with E-state index in [1.54, 1.807) is 0 Å². The fourth-order valence-electron chi connectivity index (χ4n) is 2.20. The maximum Gasteiger partial charge on any atom is 0.0342 e. The molecule has 0 radical (unpaired) electrons. The number of nitrogens with two attached hydrogens (primary N) is 1. The molecule has 0 atom stereocenters. The second kappa shape index (κ2) is 4.63. The Morgan fingerprint density at radius 2 is 1.67 bits per heavy atom. The molecule has 0 bridgehead atoms. The summed E-state index contributed by atoms with van der Waals surface area (Å²) in [5.41, 5.74) is 7.52. The van der Waals surface area contributed by atoms with Crippen LogP contribution in [0.4, 0.5) is 0 Å². The van der Waals surface area contributed by atoms with Gasteiger partial charge in [-0.15, -0.1) is 0 Å². The van der Waals surface area contributed by atoms with E-state index in [-0.39, 0.29) is 5.54 Å². The molecule has 1 nitrogen and oxygen atoms in total. The molecule has 0 aliphatic heterocycles. The minimum absolute atomic E-state index is 0.0475. The molecule has 0 heterocycles. The number of rotatable bonds is 2. The van der Waals surface area contributed by atoms with Crippen LogP contribution in [0.2, 0.25) is 0 Å². The smallest absolute Gasteiger partial charge is 0.0342 e. The van der Waals surface area contributed by atoms with Crippen LogP contribution in [0.15, 0.2) is 36.4 Å². The van der Waals surface area contributed by atoms with Crippen molar-refractivity contribution in [1.29, 1.82) is 0 Å². The lowest BCUT2D eigenvalue weighted by Crippen LogP contribution is -2.39. The Labute approximate surface area is 92.0 Å². The van der Waals surface area contributed by atoms with Crippen LogP contribution in [0.3, 0.4) is 0 Å². The lowest BCUT2D eigenvalue weighted by atomic mass is 9.82. The average Bonchev–Trinajstić information content (AvgIpc) is 2.29. The van der Waals surface area contributed by atoms with Gasteiger partial charge in [-0.2, -0.15) is 0 Å². The maximum atomic E-state index is 6.32. The molecule has 15 heavy (non-hydrogen) atoms. The number of hydrogen-bond donors (Lipinski definition) is 1. The summed E-state index contributed by atoms with van der Waals surface area (Å²) in [7, 11) is 0. The van der Waals surface area contributed by atoms with Gasteiger partial charge in [0.1, 0.15) is 0 Å². The Morgan fingerprint density at radius 3 is 2.33 bits per heavy atom. The van der Waals surface area contributed by atoms with Crippen LogP contribution >= 0.6 is 0 Å². The van der Waals surface area contributed by atoms with Crippen molar-refractivity contribution in [2.45, 2.75) is 37.6 Å². The van der Waals surface area contributed by atoms with E-state index in [9.17, 15) is 0 Å². The van der Waals surface area contributed by atoms with E-state index in [0.717, 1.165) is 12.8 Å². The summed E-state index contributed by atoms with van der Waals surface area (Å²) in [6, 6.07) is 10.4. The predicted molar refractivity (Wildman–Crippen MR) is 65.5 cm³/mol. The molecule has 0 spiro atoms. The zero-order chi connectivity index (χ0) is 10.6. The topological polar surface area (TPSA) is 26.0 Å². The van der Waals surface area contributed by atoms with Crippen molar-refractivity contribution in [3.8, 4) is 0 Å². The second-order valence-corrected chi connectivity index (χ2v) is 4.54. The lowest BCUT2D eigenvalue weighted by molar-refractivity contribution is 0.360. The zero-order valence-electron chi connectivity index (χ0n) is 9.15. The van der Waals surface area contributed by atoms with E-state index in [4.69, 9.17) is 5.73 Å². The molecule has 0 saturated heterocycles. The van der Waals surface area contributed by atoms with Crippen LogP contribution in [-0.4, -0.2) is 5.54 Å². The van der Waals surface area contributed by atoms with Crippen molar-refractivity contribution in [1.82, 2.24) is 0 Å². The average molecular weight is 201 g/mol. The second-order valence-electron chi connectivity index (χ2n) is 4.54.